The first-order chi connectivity index (χ1) is 9.19. The van der Waals surface area contributed by atoms with Gasteiger partial charge in [0.25, 0.3) is 0 Å². The van der Waals surface area contributed by atoms with Gasteiger partial charge in [-0.25, -0.2) is 4.79 Å². The van der Waals surface area contributed by atoms with Crippen molar-refractivity contribution in [2.75, 3.05) is 13.1 Å². The third kappa shape index (κ3) is 6.12. The molecule has 1 fully saturated rings. The molecule has 20 heavy (non-hydrogen) atoms. The zero-order valence-electron chi connectivity index (χ0n) is 13.8. The van der Waals surface area contributed by atoms with Crippen molar-refractivity contribution in [2.24, 2.45) is 17.6 Å². The molecule has 1 aliphatic heterocycles. The lowest BCUT2D eigenvalue weighted by molar-refractivity contribution is 0.0179. The number of carbonyl (C=O) groups excluding carboxylic acids is 1. The van der Waals surface area contributed by atoms with Crippen LogP contribution in [0.5, 0.6) is 0 Å². The van der Waals surface area contributed by atoms with Crippen LogP contribution in [0.2, 0.25) is 0 Å². The van der Waals surface area contributed by atoms with Crippen LogP contribution in [0.25, 0.3) is 0 Å². The molecule has 0 spiro atoms. The van der Waals surface area contributed by atoms with E-state index in [-0.39, 0.29) is 6.09 Å². The van der Waals surface area contributed by atoms with Crippen molar-refractivity contribution in [1.29, 1.82) is 0 Å². The van der Waals surface area contributed by atoms with Crippen LogP contribution in [0.1, 0.15) is 60.3 Å². The predicted octanol–water partition coefficient (Wildman–Crippen LogP) is 3.40. The van der Waals surface area contributed by atoms with Crippen LogP contribution in [0.4, 0.5) is 4.79 Å². The third-order valence-corrected chi connectivity index (χ3v) is 4.03. The highest BCUT2D eigenvalue weighted by Crippen LogP contribution is 2.24. The molecule has 1 saturated heterocycles. The van der Waals surface area contributed by atoms with Gasteiger partial charge in [0, 0.05) is 19.1 Å². The second kappa shape index (κ2) is 7.30. The zero-order valence-corrected chi connectivity index (χ0v) is 13.8. The Kier molecular flexibility index (Phi) is 6.31. The van der Waals surface area contributed by atoms with Crippen molar-refractivity contribution in [3.05, 3.63) is 0 Å². The molecule has 2 N–H and O–H groups in total. The number of amides is 1. The minimum atomic E-state index is -0.405. The van der Waals surface area contributed by atoms with E-state index < -0.39 is 5.60 Å². The molecule has 0 aromatic carbocycles. The molecule has 0 aromatic rings. The highest BCUT2D eigenvalue weighted by Gasteiger charge is 2.26. The minimum Gasteiger partial charge on any atom is -0.444 e. The third-order valence-electron chi connectivity index (χ3n) is 4.03. The average molecular weight is 284 g/mol. The van der Waals surface area contributed by atoms with Gasteiger partial charge in [0.2, 0.25) is 0 Å². The molecule has 0 bridgehead atoms. The van der Waals surface area contributed by atoms with Crippen LogP contribution in [0.3, 0.4) is 0 Å². The molecule has 0 aromatic heterocycles. The van der Waals surface area contributed by atoms with Crippen molar-refractivity contribution >= 4 is 6.09 Å². The molecular weight excluding hydrogens is 252 g/mol. The smallest absolute Gasteiger partial charge is 0.410 e. The van der Waals surface area contributed by atoms with Gasteiger partial charge in [0.05, 0.1) is 0 Å². The van der Waals surface area contributed by atoms with Crippen LogP contribution < -0.4 is 5.73 Å². The van der Waals surface area contributed by atoms with E-state index in [0.717, 1.165) is 32.4 Å². The van der Waals surface area contributed by atoms with E-state index >= 15 is 0 Å². The Bertz CT molecular complexity index is 302. The monoisotopic (exact) mass is 284 g/mol. The van der Waals surface area contributed by atoms with Gasteiger partial charge in [-0.15, -0.1) is 0 Å². The number of hydrogen-bond donors (Lipinski definition) is 1. The van der Waals surface area contributed by atoms with E-state index in [1.807, 2.05) is 25.7 Å². The summed E-state index contributed by atoms with van der Waals surface area (Å²) in [4.78, 5) is 13.8. The summed E-state index contributed by atoms with van der Waals surface area (Å²) in [5.74, 6) is 1.26. The van der Waals surface area contributed by atoms with Crippen LogP contribution in [-0.4, -0.2) is 35.7 Å². The Hall–Kier alpha value is -0.770. The lowest BCUT2D eigenvalue weighted by Crippen LogP contribution is -2.42. The molecule has 1 rings (SSSR count). The first kappa shape index (κ1) is 17.3. The Morgan fingerprint density at radius 1 is 1.30 bits per heavy atom. The largest absolute Gasteiger partial charge is 0.444 e. The van der Waals surface area contributed by atoms with Crippen molar-refractivity contribution in [3.63, 3.8) is 0 Å². The number of nitrogens with two attached hydrogens (primary N) is 1. The Morgan fingerprint density at radius 3 is 2.30 bits per heavy atom. The predicted molar refractivity (Wildman–Crippen MR) is 82.6 cm³/mol. The SMILES string of the molecule is CC(C)[C@@H](N)CCC1CCN(C(=O)OC(C)(C)C)CC1. The van der Waals surface area contributed by atoms with Gasteiger partial charge in [0.1, 0.15) is 5.60 Å². The van der Waals surface area contributed by atoms with Gasteiger partial charge in [0.15, 0.2) is 0 Å². The fraction of sp³-hybridized carbons (Fsp3) is 0.938. The number of hydrogen-bond acceptors (Lipinski definition) is 3. The summed E-state index contributed by atoms with van der Waals surface area (Å²) in [5.41, 5.74) is 5.69. The Morgan fingerprint density at radius 2 is 1.85 bits per heavy atom. The van der Waals surface area contributed by atoms with Gasteiger partial charge in [-0.05, 0) is 58.3 Å². The Balaban J connectivity index is 2.28. The van der Waals surface area contributed by atoms with Gasteiger partial charge in [-0.2, -0.15) is 0 Å². The standard InChI is InChI=1S/C16H32N2O2/c1-12(2)14(17)7-6-13-8-10-18(11-9-13)15(19)20-16(3,4)5/h12-14H,6-11,17H2,1-5H3/t14-/m0/s1. The summed E-state index contributed by atoms with van der Waals surface area (Å²) in [6, 6.07) is 0.305. The van der Waals surface area contributed by atoms with Crippen molar-refractivity contribution in [2.45, 2.75) is 71.9 Å². The maximum absolute atomic E-state index is 12.0. The van der Waals surface area contributed by atoms with Crippen molar-refractivity contribution in [1.82, 2.24) is 4.90 Å². The molecule has 1 atom stereocenters. The van der Waals surface area contributed by atoms with E-state index in [1.54, 1.807) is 0 Å². The fourth-order valence-corrected chi connectivity index (χ4v) is 2.49. The Labute approximate surface area is 124 Å². The molecule has 0 unspecified atom stereocenters. The molecule has 1 aliphatic rings. The van der Waals surface area contributed by atoms with Gasteiger partial charge < -0.3 is 15.4 Å². The average Bonchev–Trinajstić information content (AvgIpc) is 2.34. The van der Waals surface area contributed by atoms with Crippen molar-refractivity contribution < 1.29 is 9.53 Å². The molecule has 4 heteroatoms. The summed E-state index contributed by atoms with van der Waals surface area (Å²) in [6.07, 6.45) is 4.25. The minimum absolute atomic E-state index is 0.171. The molecule has 0 saturated carbocycles. The topological polar surface area (TPSA) is 55.6 Å². The van der Waals surface area contributed by atoms with Crippen LogP contribution in [0, 0.1) is 11.8 Å². The summed E-state index contributed by atoms with van der Waals surface area (Å²) < 4.78 is 5.41. The molecule has 1 heterocycles. The highest BCUT2D eigenvalue weighted by molar-refractivity contribution is 5.68. The lowest BCUT2D eigenvalue weighted by Gasteiger charge is -2.34. The molecule has 0 radical (unpaired) electrons. The first-order valence-electron chi connectivity index (χ1n) is 7.92. The second-order valence-electron chi connectivity index (χ2n) is 7.40. The van der Waals surface area contributed by atoms with Crippen LogP contribution in [0.15, 0.2) is 0 Å². The van der Waals surface area contributed by atoms with Crippen LogP contribution >= 0.6 is 0 Å². The summed E-state index contributed by atoms with van der Waals surface area (Å²) in [6.45, 7) is 11.7. The quantitative estimate of drug-likeness (QED) is 0.861. The number of rotatable bonds is 4. The van der Waals surface area contributed by atoms with E-state index in [4.69, 9.17) is 10.5 Å². The number of nitrogens with zero attached hydrogens (tertiary/aromatic N) is 1. The molecular formula is C16H32N2O2. The van der Waals surface area contributed by atoms with Gasteiger partial charge in [-0.1, -0.05) is 13.8 Å². The molecule has 4 nitrogen and oxygen atoms in total. The van der Waals surface area contributed by atoms with Crippen LogP contribution in [-0.2, 0) is 4.74 Å². The number of likely N-dealkylation sites (tertiary alicyclic amines) is 1. The van der Waals surface area contributed by atoms with E-state index in [9.17, 15) is 4.79 Å². The highest BCUT2D eigenvalue weighted by atomic mass is 16.6. The number of carbonyl (C=O) groups is 1. The fourth-order valence-electron chi connectivity index (χ4n) is 2.49. The van der Waals surface area contributed by atoms with E-state index in [2.05, 4.69) is 13.8 Å². The van der Waals surface area contributed by atoms with Crippen molar-refractivity contribution in [3.8, 4) is 0 Å². The van der Waals surface area contributed by atoms with E-state index in [1.165, 1.54) is 6.42 Å². The zero-order chi connectivity index (χ0) is 15.3. The first-order valence-corrected chi connectivity index (χ1v) is 7.92. The molecule has 0 aliphatic carbocycles. The van der Waals surface area contributed by atoms with Gasteiger partial charge in [-0.3, -0.25) is 0 Å². The maximum atomic E-state index is 12.0. The molecule has 118 valence electrons. The van der Waals surface area contributed by atoms with Gasteiger partial charge >= 0.3 is 6.09 Å². The molecule has 1 amide bonds. The van der Waals surface area contributed by atoms with E-state index in [0.29, 0.717) is 17.9 Å². The summed E-state index contributed by atoms with van der Waals surface area (Å²) in [7, 11) is 0. The normalized spacial score (nSPS) is 19.2. The summed E-state index contributed by atoms with van der Waals surface area (Å²) in [5, 5.41) is 0. The number of piperidine rings is 1. The summed E-state index contributed by atoms with van der Waals surface area (Å²) >= 11 is 0. The number of ether oxygens (including phenoxy) is 1. The second-order valence-corrected chi connectivity index (χ2v) is 7.40. The lowest BCUT2D eigenvalue weighted by atomic mass is 9.88. The maximum Gasteiger partial charge on any atom is 0.410 e.